The number of halogens is 1. The molecule has 6 nitrogen and oxygen atoms in total. The minimum absolute atomic E-state index is 0.308. The van der Waals surface area contributed by atoms with Crippen LogP contribution >= 0.6 is 11.6 Å². The van der Waals surface area contributed by atoms with Crippen molar-refractivity contribution < 1.29 is 9.72 Å². The quantitative estimate of drug-likeness (QED) is 0.494. The van der Waals surface area contributed by atoms with E-state index >= 15 is 0 Å². The summed E-state index contributed by atoms with van der Waals surface area (Å²) in [6.45, 7) is 5.89. The first-order valence-electron chi connectivity index (χ1n) is 6.29. The summed E-state index contributed by atoms with van der Waals surface area (Å²) in [5.74, 6) is 0. The van der Waals surface area contributed by atoms with Gasteiger partial charge in [-0.15, -0.1) is 0 Å². The van der Waals surface area contributed by atoms with Gasteiger partial charge in [0, 0.05) is 0 Å². The average Bonchev–Trinajstić information content (AvgIpc) is 2.72. The molecule has 21 heavy (non-hydrogen) atoms. The summed E-state index contributed by atoms with van der Waals surface area (Å²) >= 11 is 5.37. The van der Waals surface area contributed by atoms with Crippen molar-refractivity contribution in [3.05, 3.63) is 56.4 Å². The van der Waals surface area contributed by atoms with Crippen LogP contribution in [0.25, 0.3) is 0 Å². The lowest BCUT2D eigenvalue weighted by atomic mass is 10.1. The van der Waals surface area contributed by atoms with Gasteiger partial charge in [-0.3, -0.25) is 19.6 Å². The number of carbonyl (C=O) groups is 1. The first-order valence-corrected chi connectivity index (χ1v) is 6.66. The van der Waals surface area contributed by atoms with Crippen molar-refractivity contribution in [2.45, 2.75) is 27.3 Å². The Labute approximate surface area is 126 Å². The van der Waals surface area contributed by atoms with E-state index in [0.29, 0.717) is 12.2 Å². The molecule has 0 aliphatic carbocycles. The molecule has 0 aliphatic rings. The number of aryl methyl sites for hydroxylation is 2. The number of rotatable bonds is 4. The Balaban J connectivity index is 2.45. The van der Waals surface area contributed by atoms with E-state index in [-0.39, 0.29) is 11.4 Å². The van der Waals surface area contributed by atoms with Crippen LogP contribution < -0.4 is 0 Å². The number of benzene rings is 1. The van der Waals surface area contributed by atoms with E-state index in [1.165, 1.54) is 10.2 Å². The van der Waals surface area contributed by atoms with E-state index in [9.17, 15) is 14.9 Å². The first kappa shape index (κ1) is 15.2. The molecule has 0 aliphatic heterocycles. The van der Waals surface area contributed by atoms with Crippen LogP contribution in [0, 0.1) is 30.9 Å². The van der Waals surface area contributed by atoms with Crippen LogP contribution in [-0.4, -0.2) is 19.9 Å². The van der Waals surface area contributed by atoms with Crippen molar-refractivity contribution in [2.24, 2.45) is 0 Å². The smallest absolute Gasteiger partial charge is 0.273 e. The van der Waals surface area contributed by atoms with Crippen molar-refractivity contribution in [1.29, 1.82) is 0 Å². The molecule has 0 saturated carbocycles. The molecular weight excluding hydrogens is 294 g/mol. The van der Waals surface area contributed by atoms with Gasteiger partial charge in [-0.2, -0.15) is 5.10 Å². The third kappa shape index (κ3) is 2.95. The molecular formula is C14H14ClN3O3. The maximum atomic E-state index is 11.3. The van der Waals surface area contributed by atoms with Crippen LogP contribution in [0.1, 0.15) is 32.9 Å². The van der Waals surface area contributed by atoms with E-state index in [2.05, 4.69) is 5.10 Å². The van der Waals surface area contributed by atoms with Gasteiger partial charge in [0.05, 0.1) is 11.5 Å². The predicted octanol–water partition coefficient (Wildman–Crippen LogP) is 3.14. The number of carbonyl (C=O) groups excluding carboxylic acids is 1. The molecule has 0 radical (unpaired) electrons. The fraction of sp³-hybridized carbons (Fsp3) is 0.286. The Kier molecular flexibility index (Phi) is 4.09. The molecule has 0 unspecified atom stereocenters. The Hall–Kier alpha value is -2.21. The van der Waals surface area contributed by atoms with Crippen molar-refractivity contribution in [3.63, 3.8) is 0 Å². The average molecular weight is 308 g/mol. The van der Waals surface area contributed by atoms with Gasteiger partial charge in [-0.1, -0.05) is 18.2 Å². The van der Waals surface area contributed by atoms with Crippen LogP contribution in [0.4, 0.5) is 5.69 Å². The summed E-state index contributed by atoms with van der Waals surface area (Å²) < 4.78 is 1.43. The third-order valence-electron chi connectivity index (χ3n) is 3.45. The molecule has 0 bridgehead atoms. The highest BCUT2D eigenvalue weighted by Gasteiger charge is 2.28. The van der Waals surface area contributed by atoms with Crippen LogP contribution in [0.5, 0.6) is 0 Å². The highest BCUT2D eigenvalue weighted by atomic mass is 35.5. The first-order chi connectivity index (χ1) is 9.81. The number of nitrogens with zero attached hydrogens (tertiary/aromatic N) is 3. The molecule has 0 amide bonds. The largest absolute Gasteiger partial charge is 0.322 e. The molecule has 2 aromatic rings. The van der Waals surface area contributed by atoms with Gasteiger partial charge in [0.25, 0.3) is 5.24 Å². The van der Waals surface area contributed by atoms with Gasteiger partial charge in [-0.25, -0.2) is 0 Å². The molecule has 0 atom stereocenters. The monoisotopic (exact) mass is 307 g/mol. The zero-order valence-electron chi connectivity index (χ0n) is 11.9. The van der Waals surface area contributed by atoms with Crippen molar-refractivity contribution >= 4 is 22.5 Å². The molecule has 0 fully saturated rings. The van der Waals surface area contributed by atoms with Crippen molar-refractivity contribution in [3.8, 4) is 0 Å². The maximum absolute atomic E-state index is 11.3. The second-order valence-electron chi connectivity index (χ2n) is 4.89. The molecule has 1 heterocycles. The Morgan fingerprint density at radius 3 is 2.48 bits per heavy atom. The fourth-order valence-corrected chi connectivity index (χ4v) is 2.24. The lowest BCUT2D eigenvalue weighted by Gasteiger charge is -2.06. The topological polar surface area (TPSA) is 78.0 Å². The van der Waals surface area contributed by atoms with E-state index < -0.39 is 10.2 Å². The molecule has 1 aromatic carbocycles. The van der Waals surface area contributed by atoms with Crippen molar-refractivity contribution in [2.75, 3.05) is 0 Å². The van der Waals surface area contributed by atoms with Crippen LogP contribution in [0.2, 0.25) is 0 Å². The number of aromatic nitrogens is 2. The molecule has 0 spiro atoms. The summed E-state index contributed by atoms with van der Waals surface area (Å²) in [7, 11) is 0. The number of nitro groups is 1. The van der Waals surface area contributed by atoms with E-state index in [4.69, 9.17) is 11.6 Å². The molecule has 1 aromatic heterocycles. The van der Waals surface area contributed by atoms with Crippen LogP contribution in [-0.2, 0) is 6.54 Å². The van der Waals surface area contributed by atoms with Gasteiger partial charge in [0.15, 0.2) is 0 Å². The van der Waals surface area contributed by atoms with Crippen molar-refractivity contribution in [1.82, 2.24) is 9.78 Å². The molecule has 7 heteroatoms. The lowest BCUT2D eigenvalue weighted by Crippen LogP contribution is -2.05. The summed E-state index contributed by atoms with van der Waals surface area (Å²) in [5.41, 5.74) is 2.90. The normalized spacial score (nSPS) is 10.7. The second-order valence-corrected chi connectivity index (χ2v) is 5.23. The third-order valence-corrected chi connectivity index (χ3v) is 3.63. The van der Waals surface area contributed by atoms with Gasteiger partial charge in [0.1, 0.15) is 5.69 Å². The molecule has 0 N–H and O–H groups in total. The zero-order valence-corrected chi connectivity index (χ0v) is 12.6. The summed E-state index contributed by atoms with van der Waals surface area (Å²) in [5, 5.41) is 14.1. The zero-order chi connectivity index (χ0) is 15.7. The second kappa shape index (κ2) is 5.65. The SMILES string of the molecule is Cc1ccc(Cn2nc(C(=O)Cl)c([N+](=O)[O-])c2C)cc1C. The highest BCUT2D eigenvalue weighted by Crippen LogP contribution is 2.25. The summed E-state index contributed by atoms with van der Waals surface area (Å²) in [6, 6.07) is 5.90. The van der Waals surface area contributed by atoms with Gasteiger partial charge in [-0.05, 0) is 49.1 Å². The Morgan fingerprint density at radius 2 is 2.00 bits per heavy atom. The minimum Gasteiger partial charge on any atom is -0.273 e. The van der Waals surface area contributed by atoms with Gasteiger partial charge < -0.3 is 0 Å². The number of hydrogen-bond donors (Lipinski definition) is 0. The predicted molar refractivity (Wildman–Crippen MR) is 78.8 cm³/mol. The summed E-state index contributed by atoms with van der Waals surface area (Å²) in [6.07, 6.45) is 0. The Bertz CT molecular complexity index is 737. The molecule has 110 valence electrons. The maximum Gasteiger partial charge on any atom is 0.322 e. The standard InChI is InChI=1S/C14H14ClN3O3/c1-8-4-5-11(6-9(8)2)7-17-10(3)13(18(20)21)12(16-17)14(15)19/h4-6H,7H2,1-3H3. The van der Waals surface area contributed by atoms with Gasteiger partial charge in [0.2, 0.25) is 5.69 Å². The minimum atomic E-state index is -0.927. The van der Waals surface area contributed by atoms with Crippen LogP contribution in [0.3, 0.4) is 0 Å². The summed E-state index contributed by atoms with van der Waals surface area (Å²) in [4.78, 5) is 21.7. The Morgan fingerprint density at radius 1 is 1.33 bits per heavy atom. The van der Waals surface area contributed by atoms with E-state index in [1.807, 2.05) is 32.0 Å². The number of hydrogen-bond acceptors (Lipinski definition) is 4. The van der Waals surface area contributed by atoms with E-state index in [1.54, 1.807) is 6.92 Å². The molecule has 2 rings (SSSR count). The molecule has 0 saturated heterocycles. The van der Waals surface area contributed by atoms with E-state index in [0.717, 1.165) is 11.1 Å². The van der Waals surface area contributed by atoms with Crippen LogP contribution in [0.15, 0.2) is 18.2 Å². The highest BCUT2D eigenvalue weighted by molar-refractivity contribution is 6.67. The van der Waals surface area contributed by atoms with Gasteiger partial charge >= 0.3 is 5.69 Å². The fourth-order valence-electron chi connectivity index (χ4n) is 2.12. The lowest BCUT2D eigenvalue weighted by molar-refractivity contribution is -0.385.